The van der Waals surface area contributed by atoms with Gasteiger partial charge in [-0.2, -0.15) is 0 Å². The fraction of sp³-hybridized carbons (Fsp3) is 0.750. The van der Waals surface area contributed by atoms with Crippen LogP contribution in [0, 0.1) is 29.6 Å². The largest absolute Gasteiger partial charge is 0.327 e. The van der Waals surface area contributed by atoms with E-state index in [-0.39, 0.29) is 24.4 Å². The van der Waals surface area contributed by atoms with Crippen molar-refractivity contribution < 1.29 is 4.79 Å². The van der Waals surface area contributed by atoms with Crippen molar-refractivity contribution in [3.63, 3.8) is 0 Å². The highest BCUT2D eigenvalue weighted by molar-refractivity contribution is 7.15. The van der Waals surface area contributed by atoms with Crippen LogP contribution in [0.1, 0.15) is 36.3 Å². The van der Waals surface area contributed by atoms with Gasteiger partial charge in [0.15, 0.2) is 5.13 Å². The molecule has 1 amide bonds. The van der Waals surface area contributed by atoms with Crippen molar-refractivity contribution in [2.45, 2.75) is 44.6 Å². The smallest absolute Gasteiger partial charge is 0.229 e. The van der Waals surface area contributed by atoms with Crippen LogP contribution < -0.4 is 11.1 Å². The second kappa shape index (κ2) is 5.18. The summed E-state index contributed by atoms with van der Waals surface area (Å²) in [6, 6.07) is 0.264. The van der Waals surface area contributed by atoms with Gasteiger partial charge in [0.2, 0.25) is 5.91 Å². The number of aromatic nitrogens is 1. The number of nitrogens with one attached hydrogen (secondary N) is 1. The van der Waals surface area contributed by atoms with Crippen molar-refractivity contribution in [2.24, 2.45) is 35.3 Å². The first-order valence-corrected chi connectivity index (χ1v) is 9.07. The molecule has 6 heteroatoms. The van der Waals surface area contributed by atoms with E-state index in [9.17, 15) is 4.79 Å². The predicted molar refractivity (Wildman–Crippen MR) is 89.3 cm³/mol. The molecule has 4 aliphatic rings. The van der Waals surface area contributed by atoms with E-state index in [4.69, 9.17) is 5.73 Å². The SMILES string of the molecule is Cl.N[C@H]1CCc2nc(NC(=O)C3C4C5CCC(C5)C34)sc2C1. The van der Waals surface area contributed by atoms with Crippen molar-refractivity contribution in [1.82, 2.24) is 4.98 Å². The molecular formula is C16H22ClN3OS. The fourth-order valence-corrected chi connectivity index (χ4v) is 6.42. The van der Waals surface area contributed by atoms with E-state index in [0.717, 1.165) is 41.9 Å². The molecule has 1 aromatic heterocycles. The Balaban J connectivity index is 0.00000125. The molecule has 1 heterocycles. The third kappa shape index (κ3) is 2.13. The number of amides is 1. The van der Waals surface area contributed by atoms with Gasteiger partial charge in [-0.25, -0.2) is 4.98 Å². The van der Waals surface area contributed by atoms with Crippen molar-refractivity contribution in [3.05, 3.63) is 10.6 Å². The highest BCUT2D eigenvalue weighted by atomic mass is 35.5. The molecule has 1 aromatic rings. The van der Waals surface area contributed by atoms with E-state index in [1.165, 1.54) is 24.1 Å². The van der Waals surface area contributed by atoms with Gasteiger partial charge in [-0.05, 0) is 62.2 Å². The van der Waals surface area contributed by atoms with Crippen LogP contribution >= 0.6 is 23.7 Å². The summed E-state index contributed by atoms with van der Waals surface area (Å²) in [5.74, 6) is 3.62. The topological polar surface area (TPSA) is 68.0 Å². The van der Waals surface area contributed by atoms with Crippen LogP contribution in [-0.2, 0) is 17.6 Å². The summed E-state index contributed by atoms with van der Waals surface area (Å²) in [6.45, 7) is 0. The van der Waals surface area contributed by atoms with E-state index in [2.05, 4.69) is 10.3 Å². The van der Waals surface area contributed by atoms with Gasteiger partial charge in [0, 0.05) is 16.8 Å². The molecule has 0 radical (unpaired) electrons. The standard InChI is InChI=1S/C16H21N3OS.ClH/c17-9-3-4-10-11(6-9)21-16(18-10)19-15(20)14-12-7-1-2-8(5-7)13(12)14;/h7-9,12-14H,1-6,17H2,(H,18,19,20);1H/t7?,8?,9-,12?,13?,14?;/m0./s1. The third-order valence-electron chi connectivity index (χ3n) is 6.25. The average molecular weight is 340 g/mol. The van der Waals surface area contributed by atoms with Gasteiger partial charge in [-0.15, -0.1) is 23.7 Å². The molecule has 0 aliphatic heterocycles. The molecule has 5 rings (SSSR count). The zero-order valence-electron chi connectivity index (χ0n) is 12.5. The molecule has 3 fully saturated rings. The number of aryl methyl sites for hydroxylation is 1. The van der Waals surface area contributed by atoms with Gasteiger partial charge in [0.25, 0.3) is 0 Å². The average Bonchev–Trinajstić information content (AvgIpc) is 2.77. The van der Waals surface area contributed by atoms with Gasteiger partial charge < -0.3 is 11.1 Å². The Kier molecular flexibility index (Phi) is 3.51. The maximum absolute atomic E-state index is 12.5. The Hall–Kier alpha value is -0.650. The summed E-state index contributed by atoms with van der Waals surface area (Å²) in [4.78, 5) is 18.4. The number of thiazole rings is 1. The molecule has 4 aliphatic carbocycles. The highest BCUT2D eigenvalue weighted by Gasteiger charge is 2.67. The Morgan fingerprint density at radius 3 is 2.68 bits per heavy atom. The van der Waals surface area contributed by atoms with Crippen LogP contribution in [0.2, 0.25) is 0 Å². The van der Waals surface area contributed by atoms with Crippen LogP contribution in [0.4, 0.5) is 5.13 Å². The number of rotatable bonds is 2. The van der Waals surface area contributed by atoms with Gasteiger partial charge in [0.1, 0.15) is 0 Å². The number of halogens is 1. The maximum Gasteiger partial charge on any atom is 0.229 e. The highest BCUT2D eigenvalue weighted by Crippen LogP contribution is 2.69. The zero-order chi connectivity index (χ0) is 14.1. The molecule has 2 bridgehead atoms. The third-order valence-corrected chi connectivity index (χ3v) is 7.28. The van der Waals surface area contributed by atoms with Crippen LogP contribution in [0.5, 0.6) is 0 Å². The van der Waals surface area contributed by atoms with Gasteiger partial charge in [0.05, 0.1) is 5.69 Å². The Labute approximate surface area is 140 Å². The summed E-state index contributed by atoms with van der Waals surface area (Å²) >= 11 is 1.63. The van der Waals surface area contributed by atoms with E-state index in [0.29, 0.717) is 17.8 Å². The van der Waals surface area contributed by atoms with E-state index >= 15 is 0 Å². The molecule has 3 N–H and O–H groups in total. The lowest BCUT2D eigenvalue weighted by Crippen LogP contribution is -2.27. The number of carbonyl (C=O) groups is 1. The van der Waals surface area contributed by atoms with Crippen molar-refractivity contribution >= 4 is 34.8 Å². The van der Waals surface area contributed by atoms with Crippen LogP contribution in [0.3, 0.4) is 0 Å². The predicted octanol–water partition coefficient (Wildman–Crippen LogP) is 2.61. The Bertz CT molecular complexity index is 603. The van der Waals surface area contributed by atoms with Crippen LogP contribution in [-0.4, -0.2) is 16.9 Å². The summed E-state index contributed by atoms with van der Waals surface area (Å²) in [5, 5.41) is 3.90. The Morgan fingerprint density at radius 1 is 1.23 bits per heavy atom. The van der Waals surface area contributed by atoms with E-state index < -0.39 is 0 Å². The van der Waals surface area contributed by atoms with E-state index in [1.807, 2.05) is 0 Å². The number of carbonyl (C=O) groups excluding carboxylic acids is 1. The van der Waals surface area contributed by atoms with Crippen molar-refractivity contribution in [3.8, 4) is 0 Å². The minimum Gasteiger partial charge on any atom is -0.327 e. The van der Waals surface area contributed by atoms with Gasteiger partial charge >= 0.3 is 0 Å². The number of fused-ring (bicyclic) bond motifs is 6. The molecule has 5 atom stereocenters. The molecule has 0 spiro atoms. The maximum atomic E-state index is 12.5. The number of anilines is 1. The quantitative estimate of drug-likeness (QED) is 0.870. The number of hydrogen-bond acceptors (Lipinski definition) is 4. The Morgan fingerprint density at radius 2 is 1.95 bits per heavy atom. The molecule has 120 valence electrons. The van der Waals surface area contributed by atoms with Crippen LogP contribution in [0.25, 0.3) is 0 Å². The van der Waals surface area contributed by atoms with Crippen molar-refractivity contribution in [2.75, 3.05) is 5.32 Å². The monoisotopic (exact) mass is 339 g/mol. The molecule has 4 nitrogen and oxygen atoms in total. The summed E-state index contributed by atoms with van der Waals surface area (Å²) in [6.07, 6.45) is 7.00. The van der Waals surface area contributed by atoms with Gasteiger partial charge in [-0.3, -0.25) is 4.79 Å². The second-order valence-corrected chi connectivity index (χ2v) is 8.48. The molecule has 0 aromatic carbocycles. The molecule has 0 saturated heterocycles. The number of nitrogens with zero attached hydrogens (tertiary/aromatic N) is 1. The minimum atomic E-state index is 0. The fourth-order valence-electron chi connectivity index (χ4n) is 5.32. The lowest BCUT2D eigenvalue weighted by molar-refractivity contribution is -0.118. The first kappa shape index (κ1) is 14.9. The molecular weight excluding hydrogens is 318 g/mol. The molecule has 22 heavy (non-hydrogen) atoms. The number of nitrogens with two attached hydrogens (primary N) is 1. The minimum absolute atomic E-state index is 0. The first-order chi connectivity index (χ1) is 10.2. The van der Waals surface area contributed by atoms with Gasteiger partial charge in [-0.1, -0.05) is 0 Å². The van der Waals surface area contributed by atoms with E-state index in [1.54, 1.807) is 11.3 Å². The lowest BCUT2D eigenvalue weighted by Gasteiger charge is -2.15. The summed E-state index contributed by atoms with van der Waals surface area (Å²) in [7, 11) is 0. The lowest BCUT2D eigenvalue weighted by atomic mass is 9.99. The summed E-state index contributed by atoms with van der Waals surface area (Å²) < 4.78 is 0. The van der Waals surface area contributed by atoms with Crippen molar-refractivity contribution in [1.29, 1.82) is 0 Å². The zero-order valence-corrected chi connectivity index (χ0v) is 14.1. The second-order valence-electron chi connectivity index (χ2n) is 7.39. The normalized spacial score (nSPS) is 40.6. The number of hydrogen-bond donors (Lipinski definition) is 2. The first-order valence-electron chi connectivity index (χ1n) is 8.25. The summed E-state index contributed by atoms with van der Waals surface area (Å²) in [5.41, 5.74) is 7.17. The van der Waals surface area contributed by atoms with Crippen LogP contribution in [0.15, 0.2) is 0 Å². The molecule has 3 saturated carbocycles. The molecule has 4 unspecified atom stereocenters.